The fourth-order valence-corrected chi connectivity index (χ4v) is 1.88. The zero-order chi connectivity index (χ0) is 16.7. The van der Waals surface area contributed by atoms with Gasteiger partial charge in [-0.3, -0.25) is 4.79 Å². The van der Waals surface area contributed by atoms with Crippen molar-refractivity contribution < 1.29 is 19.1 Å². The van der Waals surface area contributed by atoms with Gasteiger partial charge in [0.15, 0.2) is 12.4 Å². The highest BCUT2D eigenvalue weighted by molar-refractivity contribution is 5.92. The molecule has 0 aliphatic heterocycles. The van der Waals surface area contributed by atoms with Crippen molar-refractivity contribution in [1.82, 2.24) is 15.1 Å². The minimum Gasteiger partial charge on any atom is -0.493 e. The number of hydrogen-bond donors (Lipinski definition) is 1. The van der Waals surface area contributed by atoms with Gasteiger partial charge in [0.25, 0.3) is 5.91 Å². The van der Waals surface area contributed by atoms with E-state index in [9.17, 15) is 9.59 Å². The van der Waals surface area contributed by atoms with Gasteiger partial charge in [-0.1, -0.05) is 25.1 Å². The summed E-state index contributed by atoms with van der Waals surface area (Å²) >= 11 is 0. The fourth-order valence-electron chi connectivity index (χ4n) is 1.88. The number of carbonyl (C=O) groups excluding carboxylic acids is 2. The van der Waals surface area contributed by atoms with Crippen LogP contribution in [0.15, 0.2) is 36.5 Å². The van der Waals surface area contributed by atoms with Crippen LogP contribution in [0.1, 0.15) is 23.8 Å². The molecule has 0 fully saturated rings. The minimum atomic E-state index is -0.705. The number of esters is 1. The summed E-state index contributed by atoms with van der Waals surface area (Å²) in [6.45, 7) is 2.13. The Labute approximate surface area is 134 Å². The molecule has 7 heteroatoms. The zero-order valence-corrected chi connectivity index (χ0v) is 13.1. The van der Waals surface area contributed by atoms with Gasteiger partial charge in [0.1, 0.15) is 0 Å². The molecule has 0 aliphatic carbocycles. The van der Waals surface area contributed by atoms with Crippen molar-refractivity contribution in [3.05, 3.63) is 42.2 Å². The molecular weight excluding hydrogens is 298 g/mol. The van der Waals surface area contributed by atoms with Gasteiger partial charge in [-0.25, -0.2) is 9.48 Å². The number of methoxy groups -OCH3 is 1. The van der Waals surface area contributed by atoms with Gasteiger partial charge >= 0.3 is 5.97 Å². The maximum atomic E-state index is 12.1. The Morgan fingerprint density at radius 2 is 2.00 bits per heavy atom. The first-order valence-electron chi connectivity index (χ1n) is 7.28. The van der Waals surface area contributed by atoms with E-state index in [1.165, 1.54) is 11.8 Å². The molecule has 0 atom stereocenters. The molecule has 0 saturated carbocycles. The standard InChI is InChI=1S/C16H19N3O4/c1-3-9-17-14(20)11-23-16(21)15-13(22-2)10-19(18-15)12-7-5-4-6-8-12/h4-8,10H,3,9,11H2,1-2H3,(H,17,20). The van der Waals surface area contributed by atoms with Crippen molar-refractivity contribution in [2.75, 3.05) is 20.3 Å². The Hall–Kier alpha value is -2.83. The van der Waals surface area contributed by atoms with Crippen molar-refractivity contribution in [1.29, 1.82) is 0 Å². The Bertz CT molecular complexity index is 667. The van der Waals surface area contributed by atoms with Crippen molar-refractivity contribution in [2.24, 2.45) is 0 Å². The summed E-state index contributed by atoms with van der Waals surface area (Å²) in [6, 6.07) is 9.30. The number of amides is 1. The normalized spacial score (nSPS) is 10.2. The van der Waals surface area contributed by atoms with E-state index in [2.05, 4.69) is 10.4 Å². The fraction of sp³-hybridized carbons (Fsp3) is 0.312. The van der Waals surface area contributed by atoms with Crippen LogP contribution in [0.25, 0.3) is 5.69 Å². The van der Waals surface area contributed by atoms with Gasteiger partial charge in [0, 0.05) is 6.54 Å². The van der Waals surface area contributed by atoms with Crippen LogP contribution in [0.3, 0.4) is 0 Å². The van der Waals surface area contributed by atoms with Crippen LogP contribution in [0.2, 0.25) is 0 Å². The summed E-state index contributed by atoms with van der Waals surface area (Å²) in [5.41, 5.74) is 0.810. The minimum absolute atomic E-state index is 0.0274. The van der Waals surface area contributed by atoms with Gasteiger partial charge in [-0.05, 0) is 18.6 Å². The number of aromatic nitrogens is 2. The van der Waals surface area contributed by atoms with Crippen LogP contribution in [0, 0.1) is 0 Å². The molecule has 0 saturated heterocycles. The lowest BCUT2D eigenvalue weighted by Gasteiger charge is -2.05. The Morgan fingerprint density at radius 1 is 1.26 bits per heavy atom. The first kappa shape index (κ1) is 16.5. The van der Waals surface area contributed by atoms with E-state index in [-0.39, 0.29) is 24.0 Å². The second kappa shape index (κ2) is 7.98. The monoisotopic (exact) mass is 317 g/mol. The van der Waals surface area contributed by atoms with E-state index < -0.39 is 5.97 Å². The zero-order valence-electron chi connectivity index (χ0n) is 13.1. The molecule has 0 unspecified atom stereocenters. The molecule has 2 rings (SSSR count). The molecule has 7 nitrogen and oxygen atoms in total. The van der Waals surface area contributed by atoms with Gasteiger partial charge in [0.2, 0.25) is 5.69 Å². The molecule has 1 heterocycles. The largest absolute Gasteiger partial charge is 0.493 e. The number of nitrogens with one attached hydrogen (secondary N) is 1. The summed E-state index contributed by atoms with van der Waals surface area (Å²) in [4.78, 5) is 23.6. The molecule has 1 amide bonds. The number of benzene rings is 1. The average molecular weight is 317 g/mol. The molecule has 122 valence electrons. The van der Waals surface area contributed by atoms with Gasteiger partial charge < -0.3 is 14.8 Å². The van der Waals surface area contributed by atoms with E-state index in [1.54, 1.807) is 6.20 Å². The molecule has 23 heavy (non-hydrogen) atoms. The second-order valence-corrected chi connectivity index (χ2v) is 4.75. The third-order valence-electron chi connectivity index (χ3n) is 3.02. The smallest absolute Gasteiger partial charge is 0.363 e. The quantitative estimate of drug-likeness (QED) is 0.784. The number of carbonyl (C=O) groups is 2. The highest BCUT2D eigenvalue weighted by Gasteiger charge is 2.20. The van der Waals surface area contributed by atoms with Gasteiger partial charge in [-0.15, -0.1) is 0 Å². The second-order valence-electron chi connectivity index (χ2n) is 4.75. The summed E-state index contributed by atoms with van der Waals surface area (Å²) in [6.07, 6.45) is 2.40. The van der Waals surface area contributed by atoms with E-state index in [1.807, 2.05) is 37.3 Å². The van der Waals surface area contributed by atoms with Crippen LogP contribution < -0.4 is 10.1 Å². The van der Waals surface area contributed by atoms with E-state index in [0.717, 1.165) is 12.1 Å². The Morgan fingerprint density at radius 3 is 2.65 bits per heavy atom. The van der Waals surface area contributed by atoms with Crippen molar-refractivity contribution in [3.8, 4) is 11.4 Å². The van der Waals surface area contributed by atoms with Gasteiger partial charge in [-0.2, -0.15) is 5.10 Å². The van der Waals surface area contributed by atoms with Crippen LogP contribution >= 0.6 is 0 Å². The Balaban J connectivity index is 2.08. The highest BCUT2D eigenvalue weighted by atomic mass is 16.5. The van der Waals surface area contributed by atoms with Crippen LogP contribution in [-0.2, 0) is 9.53 Å². The number of nitrogens with zero attached hydrogens (tertiary/aromatic N) is 2. The first-order chi connectivity index (χ1) is 11.2. The van der Waals surface area contributed by atoms with Crippen molar-refractivity contribution in [2.45, 2.75) is 13.3 Å². The SMILES string of the molecule is CCCNC(=O)COC(=O)c1nn(-c2ccccc2)cc1OC. The van der Waals surface area contributed by atoms with E-state index in [4.69, 9.17) is 9.47 Å². The predicted molar refractivity (Wildman–Crippen MR) is 83.7 cm³/mol. The number of hydrogen-bond acceptors (Lipinski definition) is 5. The van der Waals surface area contributed by atoms with Crippen molar-refractivity contribution in [3.63, 3.8) is 0 Å². The molecule has 1 N–H and O–H groups in total. The third-order valence-corrected chi connectivity index (χ3v) is 3.02. The summed E-state index contributed by atoms with van der Waals surface area (Å²) < 4.78 is 11.6. The van der Waals surface area contributed by atoms with Crippen LogP contribution in [-0.4, -0.2) is 41.9 Å². The maximum absolute atomic E-state index is 12.1. The molecule has 1 aromatic heterocycles. The average Bonchev–Trinajstić information content (AvgIpc) is 3.03. The Kier molecular flexibility index (Phi) is 5.74. The lowest BCUT2D eigenvalue weighted by molar-refractivity contribution is -0.124. The van der Waals surface area contributed by atoms with Crippen LogP contribution in [0.4, 0.5) is 0 Å². The maximum Gasteiger partial charge on any atom is 0.363 e. The molecule has 1 aromatic carbocycles. The highest BCUT2D eigenvalue weighted by Crippen LogP contribution is 2.20. The summed E-state index contributed by atoms with van der Waals surface area (Å²) in [5.74, 6) is -0.766. The van der Waals surface area contributed by atoms with Gasteiger partial charge in [0.05, 0.1) is 19.0 Å². The third kappa shape index (κ3) is 4.32. The van der Waals surface area contributed by atoms with E-state index in [0.29, 0.717) is 6.54 Å². The first-order valence-corrected chi connectivity index (χ1v) is 7.28. The number of para-hydroxylation sites is 1. The molecule has 0 aliphatic rings. The topological polar surface area (TPSA) is 82.5 Å². The van der Waals surface area contributed by atoms with Crippen LogP contribution in [0.5, 0.6) is 5.75 Å². The predicted octanol–water partition coefficient (Wildman–Crippen LogP) is 1.56. The van der Waals surface area contributed by atoms with Crippen molar-refractivity contribution >= 4 is 11.9 Å². The lowest BCUT2D eigenvalue weighted by Crippen LogP contribution is -2.29. The molecular formula is C16H19N3O4. The number of ether oxygens (including phenoxy) is 2. The molecule has 0 radical (unpaired) electrons. The molecule has 0 spiro atoms. The number of rotatable bonds is 7. The lowest BCUT2D eigenvalue weighted by atomic mass is 10.3. The summed E-state index contributed by atoms with van der Waals surface area (Å²) in [7, 11) is 1.44. The summed E-state index contributed by atoms with van der Waals surface area (Å²) in [5, 5.41) is 6.80. The van der Waals surface area contributed by atoms with E-state index >= 15 is 0 Å². The molecule has 2 aromatic rings. The molecule has 0 bridgehead atoms.